The summed E-state index contributed by atoms with van der Waals surface area (Å²) < 4.78 is 0. The lowest BCUT2D eigenvalue weighted by molar-refractivity contribution is -0.144. The summed E-state index contributed by atoms with van der Waals surface area (Å²) in [6, 6.07) is 2.85. The van der Waals surface area contributed by atoms with Crippen molar-refractivity contribution < 1.29 is 29.4 Å². The van der Waals surface area contributed by atoms with E-state index in [0.717, 1.165) is 0 Å². The number of amides is 3. The van der Waals surface area contributed by atoms with Gasteiger partial charge in [0.25, 0.3) is 0 Å². The smallest absolute Gasteiger partial charge is 0.326 e. The van der Waals surface area contributed by atoms with E-state index in [1.54, 1.807) is 26.0 Å². The first-order valence-corrected chi connectivity index (χ1v) is 9.70. The van der Waals surface area contributed by atoms with Crippen LogP contribution >= 0.6 is 0 Å². The summed E-state index contributed by atoms with van der Waals surface area (Å²) in [6.07, 6.45) is 0.409. The molecule has 8 N–H and O–H groups in total. The zero-order valence-corrected chi connectivity index (χ0v) is 17.1. The molecule has 4 unspecified atom stereocenters. The minimum Gasteiger partial charge on any atom is -0.508 e. The number of aliphatic carboxylic acids is 1. The van der Waals surface area contributed by atoms with Crippen LogP contribution in [0.3, 0.4) is 0 Å². The summed E-state index contributed by atoms with van der Waals surface area (Å²) in [7, 11) is 0. The van der Waals surface area contributed by atoms with Gasteiger partial charge in [-0.2, -0.15) is 0 Å². The molecule has 0 bridgehead atoms. The normalized spacial score (nSPS) is 14.8. The summed E-state index contributed by atoms with van der Waals surface area (Å²) in [5.41, 5.74) is 11.8. The molecule has 0 spiro atoms. The zero-order chi connectivity index (χ0) is 22.8. The zero-order valence-electron chi connectivity index (χ0n) is 17.1. The van der Waals surface area contributed by atoms with E-state index in [2.05, 4.69) is 10.6 Å². The Kier molecular flexibility index (Phi) is 9.76. The van der Waals surface area contributed by atoms with Crippen molar-refractivity contribution in [2.45, 2.75) is 57.7 Å². The molecule has 0 aliphatic rings. The Morgan fingerprint density at radius 2 is 1.67 bits per heavy atom. The number of carboxylic acid groups (broad SMARTS) is 1. The lowest BCUT2D eigenvalue weighted by atomic mass is 9.98. The van der Waals surface area contributed by atoms with Crippen LogP contribution in [0, 0.1) is 5.92 Å². The molecular weight excluding hydrogens is 392 g/mol. The van der Waals surface area contributed by atoms with Crippen LogP contribution in [0.1, 0.15) is 38.7 Å². The number of nitrogens with one attached hydrogen (secondary N) is 2. The Labute approximate surface area is 175 Å². The van der Waals surface area contributed by atoms with Crippen molar-refractivity contribution in [3.05, 3.63) is 29.8 Å². The number of phenols is 1. The molecule has 0 saturated heterocycles. The third-order valence-electron chi connectivity index (χ3n) is 4.82. The lowest BCUT2D eigenvalue weighted by Gasteiger charge is -2.25. The maximum Gasteiger partial charge on any atom is 0.326 e. The molecule has 0 aliphatic carbocycles. The standard InChI is InChI=1S/C20H30N4O6/c1-3-11(2)17(20(29)30)24-19(28)15(8-9-16(22)26)23-18(27)14(21)10-12-4-6-13(25)7-5-12/h4-7,11,14-15,17,25H,3,8-10,21H2,1-2H3,(H2,22,26)(H,23,27)(H,24,28)(H,29,30). The number of carbonyl (C=O) groups excluding carboxylic acids is 3. The van der Waals surface area contributed by atoms with Crippen LogP contribution in [0.25, 0.3) is 0 Å². The van der Waals surface area contributed by atoms with Crippen LogP contribution in [-0.2, 0) is 25.6 Å². The summed E-state index contributed by atoms with van der Waals surface area (Å²) in [5, 5.41) is 23.6. The van der Waals surface area contributed by atoms with E-state index >= 15 is 0 Å². The number of benzene rings is 1. The molecule has 0 saturated carbocycles. The first-order chi connectivity index (χ1) is 14.0. The van der Waals surface area contributed by atoms with Crippen LogP contribution in [0.2, 0.25) is 0 Å². The highest BCUT2D eigenvalue weighted by atomic mass is 16.4. The van der Waals surface area contributed by atoms with Crippen molar-refractivity contribution >= 4 is 23.7 Å². The minimum atomic E-state index is -1.19. The molecule has 0 radical (unpaired) electrons. The molecule has 166 valence electrons. The number of hydrogen-bond acceptors (Lipinski definition) is 6. The number of aromatic hydroxyl groups is 1. The predicted octanol–water partition coefficient (Wildman–Crippen LogP) is -0.372. The Hall–Kier alpha value is -3.14. The van der Waals surface area contributed by atoms with Crippen LogP contribution in [0.5, 0.6) is 5.75 Å². The molecule has 0 aromatic heterocycles. The van der Waals surface area contributed by atoms with Gasteiger partial charge in [-0.3, -0.25) is 14.4 Å². The molecule has 1 rings (SSSR count). The molecule has 10 nitrogen and oxygen atoms in total. The maximum absolute atomic E-state index is 12.6. The average Bonchev–Trinajstić information content (AvgIpc) is 2.69. The highest BCUT2D eigenvalue weighted by molar-refractivity contribution is 5.92. The second-order valence-electron chi connectivity index (χ2n) is 7.25. The molecule has 1 aromatic rings. The SMILES string of the molecule is CCC(C)C(NC(=O)C(CCC(N)=O)NC(=O)C(N)Cc1ccc(O)cc1)C(=O)O. The van der Waals surface area contributed by atoms with Crippen LogP contribution in [0.4, 0.5) is 0 Å². The number of carboxylic acids is 1. The fourth-order valence-electron chi connectivity index (χ4n) is 2.75. The third-order valence-corrected chi connectivity index (χ3v) is 4.82. The van der Waals surface area contributed by atoms with Gasteiger partial charge >= 0.3 is 5.97 Å². The second-order valence-corrected chi connectivity index (χ2v) is 7.25. The summed E-state index contributed by atoms with van der Waals surface area (Å²) in [5.74, 6) is -3.48. The fourth-order valence-corrected chi connectivity index (χ4v) is 2.75. The van der Waals surface area contributed by atoms with Crippen LogP contribution in [0.15, 0.2) is 24.3 Å². The summed E-state index contributed by atoms with van der Waals surface area (Å²) in [6.45, 7) is 3.48. The van der Waals surface area contributed by atoms with Gasteiger partial charge in [0.15, 0.2) is 0 Å². The lowest BCUT2D eigenvalue weighted by Crippen LogP contribution is -2.56. The first-order valence-electron chi connectivity index (χ1n) is 9.70. The van der Waals surface area contributed by atoms with Gasteiger partial charge in [-0.1, -0.05) is 32.4 Å². The van der Waals surface area contributed by atoms with Crippen molar-refractivity contribution in [1.29, 1.82) is 0 Å². The van der Waals surface area contributed by atoms with Gasteiger partial charge in [0.1, 0.15) is 17.8 Å². The van der Waals surface area contributed by atoms with Crippen molar-refractivity contribution in [1.82, 2.24) is 10.6 Å². The molecule has 1 aromatic carbocycles. The number of nitrogens with two attached hydrogens (primary N) is 2. The topological polar surface area (TPSA) is 185 Å². The highest BCUT2D eigenvalue weighted by Gasteiger charge is 2.30. The Morgan fingerprint density at radius 1 is 1.07 bits per heavy atom. The summed E-state index contributed by atoms with van der Waals surface area (Å²) in [4.78, 5) is 47.7. The van der Waals surface area contributed by atoms with E-state index in [1.165, 1.54) is 12.1 Å². The molecule has 3 amide bonds. The van der Waals surface area contributed by atoms with Crippen molar-refractivity contribution in [3.8, 4) is 5.75 Å². The van der Waals surface area contributed by atoms with E-state index in [1.807, 2.05) is 0 Å². The predicted molar refractivity (Wildman–Crippen MR) is 109 cm³/mol. The quantitative estimate of drug-likeness (QED) is 0.265. The average molecular weight is 422 g/mol. The van der Waals surface area contributed by atoms with E-state index in [0.29, 0.717) is 12.0 Å². The van der Waals surface area contributed by atoms with Gasteiger partial charge < -0.3 is 32.3 Å². The molecule has 0 aliphatic heterocycles. The highest BCUT2D eigenvalue weighted by Crippen LogP contribution is 2.12. The van der Waals surface area contributed by atoms with Crippen LogP contribution < -0.4 is 22.1 Å². The minimum absolute atomic E-state index is 0.0780. The fraction of sp³-hybridized carbons (Fsp3) is 0.500. The van der Waals surface area contributed by atoms with Crippen molar-refractivity contribution in [3.63, 3.8) is 0 Å². The third kappa shape index (κ3) is 8.08. The van der Waals surface area contributed by atoms with Gasteiger partial charge in [0, 0.05) is 6.42 Å². The van der Waals surface area contributed by atoms with Gasteiger partial charge in [-0.15, -0.1) is 0 Å². The van der Waals surface area contributed by atoms with Gasteiger partial charge in [0.2, 0.25) is 17.7 Å². The largest absolute Gasteiger partial charge is 0.508 e. The number of carbonyl (C=O) groups is 4. The van der Waals surface area contributed by atoms with Crippen molar-refractivity contribution in [2.75, 3.05) is 0 Å². The van der Waals surface area contributed by atoms with Gasteiger partial charge in [-0.25, -0.2) is 4.79 Å². The number of primary amides is 1. The van der Waals surface area contributed by atoms with Crippen LogP contribution in [-0.4, -0.2) is 52.0 Å². The van der Waals surface area contributed by atoms with Gasteiger partial charge in [0.05, 0.1) is 6.04 Å². The molecule has 30 heavy (non-hydrogen) atoms. The van der Waals surface area contributed by atoms with E-state index < -0.39 is 41.8 Å². The van der Waals surface area contributed by atoms with Gasteiger partial charge in [-0.05, 0) is 36.5 Å². The summed E-state index contributed by atoms with van der Waals surface area (Å²) >= 11 is 0. The monoisotopic (exact) mass is 422 g/mol. The van der Waals surface area contributed by atoms with Crippen molar-refractivity contribution in [2.24, 2.45) is 17.4 Å². The van der Waals surface area contributed by atoms with E-state index in [4.69, 9.17) is 11.5 Å². The maximum atomic E-state index is 12.6. The number of hydrogen-bond donors (Lipinski definition) is 6. The molecule has 10 heteroatoms. The second kappa shape index (κ2) is 11.8. The number of rotatable bonds is 12. The molecule has 0 fully saturated rings. The molecule has 4 atom stereocenters. The number of phenolic OH excluding ortho intramolecular Hbond substituents is 1. The Balaban J connectivity index is 2.85. The Morgan fingerprint density at radius 3 is 2.17 bits per heavy atom. The molecule has 0 heterocycles. The van der Waals surface area contributed by atoms with E-state index in [-0.39, 0.29) is 30.9 Å². The van der Waals surface area contributed by atoms with E-state index in [9.17, 15) is 29.4 Å². The molecular formula is C20H30N4O6. The Bertz CT molecular complexity index is 752. The first kappa shape index (κ1) is 24.9.